The molecule has 2 N–H and O–H groups in total. The summed E-state index contributed by atoms with van der Waals surface area (Å²) in [5.74, 6) is 0.653. The first-order valence-electron chi connectivity index (χ1n) is 7.72. The van der Waals surface area contributed by atoms with Gasteiger partial charge in [-0.3, -0.25) is 4.72 Å². The lowest BCUT2D eigenvalue weighted by molar-refractivity contribution is 0.603. The number of aryl methyl sites for hydroxylation is 3. The first kappa shape index (κ1) is 17.4. The molecule has 0 aliphatic carbocycles. The highest BCUT2D eigenvalue weighted by Gasteiger charge is 2.16. The van der Waals surface area contributed by atoms with Crippen molar-refractivity contribution in [2.24, 2.45) is 0 Å². The van der Waals surface area contributed by atoms with Gasteiger partial charge in [0.05, 0.1) is 11.9 Å². The Morgan fingerprint density at radius 1 is 0.920 bits per heavy atom. The lowest BCUT2D eigenvalue weighted by Crippen LogP contribution is -2.11. The van der Waals surface area contributed by atoms with E-state index in [-0.39, 0.29) is 0 Å². The van der Waals surface area contributed by atoms with Crippen LogP contribution in [0.3, 0.4) is 0 Å². The van der Waals surface area contributed by atoms with Crippen LogP contribution in [0.25, 0.3) is 0 Å². The van der Waals surface area contributed by atoms with E-state index in [9.17, 15) is 8.42 Å². The van der Waals surface area contributed by atoms with Crippen molar-refractivity contribution in [3.8, 4) is 0 Å². The molecule has 1 aromatic carbocycles. The lowest BCUT2D eigenvalue weighted by atomic mass is 10.1. The van der Waals surface area contributed by atoms with Crippen LogP contribution in [0.5, 0.6) is 0 Å². The summed E-state index contributed by atoms with van der Waals surface area (Å²) in [5, 5.41) is 3.22. The van der Waals surface area contributed by atoms with Crippen LogP contribution in [0, 0.1) is 20.8 Å². The molecule has 5 nitrogen and oxygen atoms in total. The summed E-state index contributed by atoms with van der Waals surface area (Å²) in [5.41, 5.74) is 3.71. The van der Waals surface area contributed by atoms with Crippen LogP contribution >= 0.6 is 11.3 Å². The van der Waals surface area contributed by atoms with Crippen LogP contribution in [0.2, 0.25) is 0 Å². The van der Waals surface area contributed by atoms with Gasteiger partial charge in [-0.05, 0) is 68.3 Å². The summed E-state index contributed by atoms with van der Waals surface area (Å²) in [6.07, 6.45) is 1.50. The summed E-state index contributed by atoms with van der Waals surface area (Å²) >= 11 is 1.24. The zero-order chi connectivity index (χ0) is 18.0. The van der Waals surface area contributed by atoms with Gasteiger partial charge in [-0.25, -0.2) is 13.4 Å². The molecule has 0 bridgehead atoms. The van der Waals surface area contributed by atoms with Crippen molar-refractivity contribution in [1.29, 1.82) is 0 Å². The van der Waals surface area contributed by atoms with E-state index < -0.39 is 10.0 Å². The van der Waals surface area contributed by atoms with E-state index in [0.29, 0.717) is 15.7 Å². The lowest BCUT2D eigenvalue weighted by Gasteiger charge is -2.09. The van der Waals surface area contributed by atoms with E-state index in [1.165, 1.54) is 17.5 Å². The van der Waals surface area contributed by atoms with E-state index >= 15 is 0 Å². The van der Waals surface area contributed by atoms with Gasteiger partial charge in [-0.2, -0.15) is 0 Å². The number of anilines is 3. The van der Waals surface area contributed by atoms with Gasteiger partial charge in [-0.15, -0.1) is 11.3 Å². The minimum atomic E-state index is -3.57. The number of nitrogens with one attached hydrogen (secondary N) is 2. The monoisotopic (exact) mass is 373 g/mol. The quantitative estimate of drug-likeness (QED) is 0.685. The van der Waals surface area contributed by atoms with Gasteiger partial charge in [0.15, 0.2) is 0 Å². The molecule has 25 heavy (non-hydrogen) atoms. The number of hydrogen-bond acceptors (Lipinski definition) is 5. The molecule has 0 fully saturated rings. The van der Waals surface area contributed by atoms with Gasteiger partial charge in [0.25, 0.3) is 10.0 Å². The van der Waals surface area contributed by atoms with Crippen molar-refractivity contribution in [2.75, 3.05) is 10.0 Å². The smallest absolute Gasteiger partial charge is 0.271 e. The highest BCUT2D eigenvalue weighted by atomic mass is 32.2. The van der Waals surface area contributed by atoms with Crippen LogP contribution in [0.4, 0.5) is 17.2 Å². The number of nitrogens with zero attached hydrogens (tertiary/aromatic N) is 1. The normalized spacial score (nSPS) is 11.3. The van der Waals surface area contributed by atoms with Crippen molar-refractivity contribution in [2.45, 2.75) is 25.0 Å². The number of hydrogen-bond donors (Lipinski definition) is 2. The molecule has 0 spiro atoms. The maximum Gasteiger partial charge on any atom is 0.271 e. The number of aromatic nitrogens is 1. The molecular formula is C18H19N3O2S2. The molecule has 2 heterocycles. The molecule has 0 saturated heterocycles. The van der Waals surface area contributed by atoms with Crippen molar-refractivity contribution < 1.29 is 8.42 Å². The molecule has 130 valence electrons. The van der Waals surface area contributed by atoms with E-state index in [4.69, 9.17) is 0 Å². The predicted molar refractivity (Wildman–Crippen MR) is 103 cm³/mol. The van der Waals surface area contributed by atoms with Crippen molar-refractivity contribution in [3.05, 3.63) is 64.7 Å². The molecule has 3 rings (SSSR count). The van der Waals surface area contributed by atoms with Gasteiger partial charge in [0.1, 0.15) is 10.0 Å². The number of rotatable bonds is 5. The third kappa shape index (κ3) is 4.37. The SMILES string of the molecule is Cc1cc(C)cc(Nc2ccc(NS(=O)(=O)c3ccc(C)s3)cn2)c1. The largest absolute Gasteiger partial charge is 0.340 e. The van der Waals surface area contributed by atoms with E-state index in [1.807, 2.05) is 32.9 Å². The topological polar surface area (TPSA) is 71.1 Å². The van der Waals surface area contributed by atoms with Gasteiger partial charge in [-0.1, -0.05) is 6.07 Å². The van der Waals surface area contributed by atoms with Gasteiger partial charge < -0.3 is 5.32 Å². The minimum Gasteiger partial charge on any atom is -0.340 e. The van der Waals surface area contributed by atoms with Crippen LogP contribution in [-0.4, -0.2) is 13.4 Å². The average Bonchev–Trinajstić information content (AvgIpc) is 2.95. The van der Waals surface area contributed by atoms with Crippen LogP contribution in [0.15, 0.2) is 52.9 Å². The van der Waals surface area contributed by atoms with E-state index in [0.717, 1.165) is 21.7 Å². The Hall–Kier alpha value is -2.38. The van der Waals surface area contributed by atoms with Gasteiger partial charge in [0, 0.05) is 10.6 Å². The molecule has 0 unspecified atom stereocenters. The van der Waals surface area contributed by atoms with Gasteiger partial charge >= 0.3 is 0 Å². The second-order valence-electron chi connectivity index (χ2n) is 5.90. The molecule has 0 aliphatic heterocycles. The Kier molecular flexibility index (Phi) is 4.78. The summed E-state index contributed by atoms with van der Waals surface area (Å²) in [7, 11) is -3.57. The fourth-order valence-electron chi connectivity index (χ4n) is 2.48. The average molecular weight is 374 g/mol. The van der Waals surface area contributed by atoms with E-state index in [2.05, 4.69) is 21.1 Å². The number of thiophene rings is 1. The van der Waals surface area contributed by atoms with Crippen molar-refractivity contribution >= 4 is 38.6 Å². The number of pyridine rings is 1. The number of sulfonamides is 1. The summed E-state index contributed by atoms with van der Waals surface area (Å²) in [4.78, 5) is 5.23. The van der Waals surface area contributed by atoms with Crippen LogP contribution in [0.1, 0.15) is 16.0 Å². The van der Waals surface area contributed by atoms with Crippen molar-refractivity contribution in [3.63, 3.8) is 0 Å². The molecule has 0 saturated carbocycles. The molecule has 0 amide bonds. The predicted octanol–water partition coefficient (Wildman–Crippen LogP) is 4.61. The van der Waals surface area contributed by atoms with Crippen LogP contribution < -0.4 is 10.0 Å². The third-order valence-electron chi connectivity index (χ3n) is 3.49. The summed E-state index contributed by atoms with van der Waals surface area (Å²) < 4.78 is 27.5. The molecule has 2 aromatic heterocycles. The second-order valence-corrected chi connectivity index (χ2v) is 9.10. The first-order chi connectivity index (χ1) is 11.8. The molecule has 0 atom stereocenters. The Labute approximate surface area is 151 Å². The molecule has 3 aromatic rings. The molecular weight excluding hydrogens is 354 g/mol. The molecule has 7 heteroatoms. The van der Waals surface area contributed by atoms with Crippen molar-refractivity contribution in [1.82, 2.24) is 4.98 Å². The maximum absolute atomic E-state index is 12.3. The fraction of sp³-hybridized carbons (Fsp3) is 0.167. The van der Waals surface area contributed by atoms with Gasteiger partial charge in [0.2, 0.25) is 0 Å². The molecule has 0 aliphatic rings. The zero-order valence-electron chi connectivity index (χ0n) is 14.2. The third-order valence-corrected chi connectivity index (χ3v) is 6.36. The highest BCUT2D eigenvalue weighted by Crippen LogP contribution is 2.24. The standard InChI is InChI=1S/C18H19N3O2S2/c1-12-8-13(2)10-16(9-12)20-17-6-5-15(11-19-17)21-25(22,23)18-7-4-14(3)24-18/h4-11,21H,1-3H3,(H,19,20). The molecule has 0 radical (unpaired) electrons. The Bertz CT molecular complexity index is 973. The highest BCUT2D eigenvalue weighted by molar-refractivity contribution is 7.94. The van der Waals surface area contributed by atoms with E-state index in [1.54, 1.807) is 24.3 Å². The Morgan fingerprint density at radius 2 is 1.64 bits per heavy atom. The summed E-state index contributed by atoms with van der Waals surface area (Å²) in [6, 6.07) is 13.0. The second kappa shape index (κ2) is 6.85. The Balaban J connectivity index is 1.74. The zero-order valence-corrected chi connectivity index (χ0v) is 15.8. The van der Waals surface area contributed by atoms with Crippen LogP contribution in [-0.2, 0) is 10.0 Å². The maximum atomic E-state index is 12.3. The fourth-order valence-corrected chi connectivity index (χ4v) is 4.81. The minimum absolute atomic E-state index is 0.294. The number of benzene rings is 1. The first-order valence-corrected chi connectivity index (χ1v) is 10.0. The Morgan fingerprint density at radius 3 is 2.20 bits per heavy atom. The summed E-state index contributed by atoms with van der Waals surface area (Å²) in [6.45, 7) is 5.95.